The van der Waals surface area contributed by atoms with Crippen molar-refractivity contribution in [3.63, 3.8) is 0 Å². The highest BCUT2D eigenvalue weighted by Crippen LogP contribution is 2.20. The Morgan fingerprint density at radius 1 is 1.31 bits per heavy atom. The molecular weight excluding hydrogens is 205 g/mol. The van der Waals surface area contributed by atoms with Gasteiger partial charge in [-0.15, -0.1) is 0 Å². The van der Waals surface area contributed by atoms with Gasteiger partial charge in [-0.05, 0) is 38.1 Å². The van der Waals surface area contributed by atoms with Crippen molar-refractivity contribution in [1.29, 1.82) is 0 Å². The Hall–Kier alpha value is -1.35. The Kier molecular flexibility index (Phi) is 3.57. The summed E-state index contributed by atoms with van der Waals surface area (Å²) in [6.07, 6.45) is 0.555. The van der Waals surface area contributed by atoms with Gasteiger partial charge in [0.15, 0.2) is 0 Å². The van der Waals surface area contributed by atoms with Crippen LogP contribution in [0.25, 0.3) is 11.0 Å². The van der Waals surface area contributed by atoms with E-state index < -0.39 is 0 Å². The van der Waals surface area contributed by atoms with Gasteiger partial charge in [0.1, 0.15) is 11.3 Å². The van der Waals surface area contributed by atoms with Gasteiger partial charge in [-0.2, -0.15) is 0 Å². The standard InChI is InChI=1S/C13H16FNO/c1-10-3-4-13-11(7-10)8-12(16-13)9-15-6-2-5-14/h3-4,7-8,15H,2,5-6,9H2,1H3. The maximum Gasteiger partial charge on any atom is 0.134 e. The zero-order valence-electron chi connectivity index (χ0n) is 9.42. The summed E-state index contributed by atoms with van der Waals surface area (Å²) in [5.74, 6) is 0.902. The fraction of sp³-hybridized carbons (Fsp3) is 0.385. The maximum absolute atomic E-state index is 11.9. The van der Waals surface area contributed by atoms with Gasteiger partial charge in [-0.1, -0.05) is 11.6 Å². The molecule has 0 unspecified atom stereocenters. The fourth-order valence-electron chi connectivity index (χ4n) is 1.71. The van der Waals surface area contributed by atoms with Crippen LogP contribution in [0.4, 0.5) is 4.39 Å². The second-order valence-electron chi connectivity index (χ2n) is 3.97. The van der Waals surface area contributed by atoms with Crippen molar-refractivity contribution in [2.24, 2.45) is 0 Å². The summed E-state index contributed by atoms with van der Waals surface area (Å²) >= 11 is 0. The fourth-order valence-corrected chi connectivity index (χ4v) is 1.71. The first kappa shape index (κ1) is 11.1. The van der Waals surface area contributed by atoms with E-state index >= 15 is 0 Å². The van der Waals surface area contributed by atoms with E-state index in [-0.39, 0.29) is 6.67 Å². The Bertz CT molecular complexity index is 464. The molecule has 1 heterocycles. The lowest BCUT2D eigenvalue weighted by atomic mass is 10.2. The third-order valence-electron chi connectivity index (χ3n) is 2.51. The quantitative estimate of drug-likeness (QED) is 0.784. The molecule has 0 radical (unpaired) electrons. The number of alkyl halides is 1. The molecule has 1 N–H and O–H groups in total. The summed E-state index contributed by atoms with van der Waals surface area (Å²) in [4.78, 5) is 0. The lowest BCUT2D eigenvalue weighted by Crippen LogP contribution is -2.14. The molecule has 0 aliphatic heterocycles. The Morgan fingerprint density at radius 3 is 3.00 bits per heavy atom. The lowest BCUT2D eigenvalue weighted by molar-refractivity contribution is 0.448. The van der Waals surface area contributed by atoms with Crippen LogP contribution < -0.4 is 5.32 Å². The third-order valence-corrected chi connectivity index (χ3v) is 2.51. The van der Waals surface area contributed by atoms with Gasteiger partial charge in [0.25, 0.3) is 0 Å². The molecule has 3 heteroatoms. The van der Waals surface area contributed by atoms with E-state index in [2.05, 4.69) is 18.3 Å². The number of hydrogen-bond acceptors (Lipinski definition) is 2. The average Bonchev–Trinajstić information content (AvgIpc) is 2.66. The normalized spacial score (nSPS) is 11.1. The summed E-state index contributed by atoms with van der Waals surface area (Å²) in [6.45, 7) is 3.14. The molecule has 0 saturated heterocycles. The minimum Gasteiger partial charge on any atom is -0.460 e. The third kappa shape index (κ3) is 2.61. The van der Waals surface area contributed by atoms with Gasteiger partial charge in [0.05, 0.1) is 13.2 Å². The van der Waals surface area contributed by atoms with Crippen LogP contribution in [0.2, 0.25) is 0 Å². The second-order valence-corrected chi connectivity index (χ2v) is 3.97. The average molecular weight is 221 g/mol. The van der Waals surface area contributed by atoms with Crippen molar-refractivity contribution in [2.75, 3.05) is 13.2 Å². The first-order valence-corrected chi connectivity index (χ1v) is 5.55. The molecular formula is C13H16FNO. The molecule has 2 aromatic rings. The molecule has 0 bridgehead atoms. The SMILES string of the molecule is Cc1ccc2oc(CNCCCF)cc2c1. The molecule has 1 aromatic heterocycles. The van der Waals surface area contributed by atoms with Gasteiger partial charge < -0.3 is 9.73 Å². The second kappa shape index (κ2) is 5.12. The van der Waals surface area contributed by atoms with Crippen LogP contribution in [0.3, 0.4) is 0 Å². The number of nitrogens with one attached hydrogen (secondary N) is 1. The number of fused-ring (bicyclic) bond motifs is 1. The lowest BCUT2D eigenvalue weighted by Gasteiger charge is -1.98. The van der Waals surface area contributed by atoms with Crippen LogP contribution in [0.5, 0.6) is 0 Å². The number of rotatable bonds is 5. The van der Waals surface area contributed by atoms with Gasteiger partial charge >= 0.3 is 0 Å². The number of benzene rings is 1. The maximum atomic E-state index is 11.9. The predicted octanol–water partition coefficient (Wildman–Crippen LogP) is 3.19. The highest BCUT2D eigenvalue weighted by molar-refractivity contribution is 5.78. The molecule has 16 heavy (non-hydrogen) atoms. The van der Waals surface area contributed by atoms with Crippen LogP contribution in [0.1, 0.15) is 17.7 Å². The summed E-state index contributed by atoms with van der Waals surface area (Å²) < 4.78 is 17.5. The number of hydrogen-bond donors (Lipinski definition) is 1. The summed E-state index contributed by atoms with van der Waals surface area (Å²) in [6, 6.07) is 8.15. The van der Waals surface area contributed by atoms with E-state index in [9.17, 15) is 4.39 Å². The predicted molar refractivity (Wildman–Crippen MR) is 63.2 cm³/mol. The smallest absolute Gasteiger partial charge is 0.134 e. The molecule has 0 aliphatic rings. The molecule has 86 valence electrons. The number of furan rings is 1. The molecule has 1 aromatic carbocycles. The summed E-state index contributed by atoms with van der Waals surface area (Å²) in [5.41, 5.74) is 2.14. The van der Waals surface area contributed by atoms with E-state index in [4.69, 9.17) is 4.42 Å². The van der Waals surface area contributed by atoms with Crippen LogP contribution in [-0.2, 0) is 6.54 Å². The van der Waals surface area contributed by atoms with Gasteiger partial charge in [-0.25, -0.2) is 0 Å². The zero-order chi connectivity index (χ0) is 11.4. The highest BCUT2D eigenvalue weighted by atomic mass is 19.1. The summed E-state index contributed by atoms with van der Waals surface area (Å²) in [7, 11) is 0. The molecule has 0 amide bonds. The summed E-state index contributed by atoms with van der Waals surface area (Å²) in [5, 5.41) is 4.27. The largest absolute Gasteiger partial charge is 0.460 e. The molecule has 0 atom stereocenters. The minimum absolute atomic E-state index is 0.272. The van der Waals surface area contributed by atoms with Crippen molar-refractivity contribution < 1.29 is 8.81 Å². The van der Waals surface area contributed by atoms with Crippen LogP contribution in [-0.4, -0.2) is 13.2 Å². The van der Waals surface area contributed by atoms with Gasteiger partial charge in [0.2, 0.25) is 0 Å². The molecule has 0 aliphatic carbocycles. The van der Waals surface area contributed by atoms with Crippen LogP contribution >= 0.6 is 0 Å². The molecule has 0 spiro atoms. The van der Waals surface area contributed by atoms with Crippen molar-refractivity contribution in [3.05, 3.63) is 35.6 Å². The zero-order valence-corrected chi connectivity index (χ0v) is 9.42. The van der Waals surface area contributed by atoms with E-state index in [1.54, 1.807) is 0 Å². The van der Waals surface area contributed by atoms with Gasteiger partial charge in [-0.3, -0.25) is 4.39 Å². The molecule has 0 fully saturated rings. The van der Waals surface area contributed by atoms with Crippen molar-refractivity contribution in [2.45, 2.75) is 19.9 Å². The van der Waals surface area contributed by atoms with E-state index in [1.165, 1.54) is 5.56 Å². The molecule has 0 saturated carbocycles. The first-order chi connectivity index (χ1) is 7.79. The van der Waals surface area contributed by atoms with E-state index in [1.807, 2.05) is 18.2 Å². The monoisotopic (exact) mass is 221 g/mol. The first-order valence-electron chi connectivity index (χ1n) is 5.55. The Balaban J connectivity index is 2.02. The topological polar surface area (TPSA) is 25.2 Å². The van der Waals surface area contributed by atoms with Crippen molar-refractivity contribution in [3.8, 4) is 0 Å². The molecule has 2 nitrogen and oxygen atoms in total. The number of aryl methyl sites for hydroxylation is 1. The van der Waals surface area contributed by atoms with Crippen molar-refractivity contribution >= 4 is 11.0 Å². The number of halogens is 1. The van der Waals surface area contributed by atoms with Crippen molar-refractivity contribution in [1.82, 2.24) is 5.32 Å². The van der Waals surface area contributed by atoms with E-state index in [0.29, 0.717) is 19.5 Å². The molecule has 2 rings (SSSR count). The Morgan fingerprint density at radius 2 is 2.19 bits per heavy atom. The highest BCUT2D eigenvalue weighted by Gasteiger charge is 2.02. The van der Waals surface area contributed by atoms with Crippen LogP contribution in [0, 0.1) is 6.92 Å². The van der Waals surface area contributed by atoms with Gasteiger partial charge in [0, 0.05) is 5.39 Å². The Labute approximate surface area is 94.4 Å². The van der Waals surface area contributed by atoms with E-state index in [0.717, 1.165) is 16.7 Å². The van der Waals surface area contributed by atoms with Crippen LogP contribution in [0.15, 0.2) is 28.7 Å². The minimum atomic E-state index is -0.272.